The highest BCUT2D eigenvalue weighted by Crippen LogP contribution is 2.13. The third-order valence-electron chi connectivity index (χ3n) is 2.70. The van der Waals surface area contributed by atoms with Gasteiger partial charge < -0.3 is 10.5 Å². The van der Waals surface area contributed by atoms with Crippen molar-refractivity contribution in [1.82, 2.24) is 4.90 Å². The van der Waals surface area contributed by atoms with Crippen LogP contribution in [0.1, 0.15) is 34.1 Å². The molecule has 0 amide bonds. The Bertz CT molecular complexity index is 149. The molecule has 0 aromatic rings. The van der Waals surface area contributed by atoms with Crippen molar-refractivity contribution in [2.24, 2.45) is 11.7 Å². The molecule has 0 fully saturated rings. The highest BCUT2D eigenvalue weighted by atomic mass is 16.5. The zero-order chi connectivity index (χ0) is 11.8. The molecule has 1 unspecified atom stereocenters. The smallest absolute Gasteiger partial charge is 0.0589 e. The fraction of sp³-hybridized carbons (Fsp3) is 1.00. The summed E-state index contributed by atoms with van der Waals surface area (Å²) in [6.07, 6.45) is 1.17. The fourth-order valence-electron chi connectivity index (χ4n) is 1.97. The predicted octanol–water partition coefficient (Wildman–Crippen LogP) is 1.72. The van der Waals surface area contributed by atoms with Crippen molar-refractivity contribution in [2.45, 2.75) is 46.2 Å². The van der Waals surface area contributed by atoms with E-state index in [0.717, 1.165) is 19.7 Å². The summed E-state index contributed by atoms with van der Waals surface area (Å²) in [6.45, 7) is 11.4. The van der Waals surface area contributed by atoms with Gasteiger partial charge in [0.25, 0.3) is 0 Å². The summed E-state index contributed by atoms with van der Waals surface area (Å²) in [5.74, 6) is 0.697. The monoisotopic (exact) mass is 216 g/mol. The summed E-state index contributed by atoms with van der Waals surface area (Å²) in [5.41, 5.74) is 5.85. The number of hydrogen-bond donors (Lipinski definition) is 1. The van der Waals surface area contributed by atoms with Gasteiger partial charge in [-0.2, -0.15) is 0 Å². The molecule has 0 aromatic heterocycles. The standard InChI is InChI=1S/C12H28N2O/c1-10(2)8-12(9-13)14(11(3)4)6-7-15-5/h10-12H,6-9,13H2,1-5H3. The number of nitrogens with two attached hydrogens (primary N) is 1. The van der Waals surface area contributed by atoms with Crippen molar-refractivity contribution in [3.05, 3.63) is 0 Å². The normalized spacial score (nSPS) is 14.2. The van der Waals surface area contributed by atoms with Crippen LogP contribution in [-0.2, 0) is 4.74 Å². The van der Waals surface area contributed by atoms with Crippen LogP contribution in [-0.4, -0.2) is 43.8 Å². The Morgan fingerprint density at radius 3 is 2.13 bits per heavy atom. The number of ether oxygens (including phenoxy) is 1. The molecule has 0 aliphatic carbocycles. The minimum Gasteiger partial charge on any atom is -0.383 e. The summed E-state index contributed by atoms with van der Waals surface area (Å²) in [5, 5.41) is 0. The summed E-state index contributed by atoms with van der Waals surface area (Å²) in [7, 11) is 1.75. The molecule has 0 bridgehead atoms. The summed E-state index contributed by atoms with van der Waals surface area (Å²) < 4.78 is 5.14. The SMILES string of the molecule is COCCN(C(C)C)C(CN)CC(C)C. The lowest BCUT2D eigenvalue weighted by atomic mass is 10.0. The largest absolute Gasteiger partial charge is 0.383 e. The third kappa shape index (κ3) is 6.13. The van der Waals surface area contributed by atoms with E-state index in [9.17, 15) is 0 Å². The molecule has 0 rings (SSSR count). The number of rotatable bonds is 8. The van der Waals surface area contributed by atoms with Crippen molar-refractivity contribution in [2.75, 3.05) is 26.8 Å². The van der Waals surface area contributed by atoms with E-state index in [1.165, 1.54) is 6.42 Å². The van der Waals surface area contributed by atoms with Gasteiger partial charge in [0.15, 0.2) is 0 Å². The van der Waals surface area contributed by atoms with E-state index in [-0.39, 0.29) is 0 Å². The Kier molecular flexibility index (Phi) is 8.02. The van der Waals surface area contributed by atoms with Gasteiger partial charge in [-0.25, -0.2) is 0 Å². The lowest BCUT2D eigenvalue weighted by Crippen LogP contribution is -2.46. The van der Waals surface area contributed by atoms with Crippen molar-refractivity contribution >= 4 is 0 Å². The van der Waals surface area contributed by atoms with E-state index in [4.69, 9.17) is 10.5 Å². The maximum Gasteiger partial charge on any atom is 0.0589 e. The molecule has 0 heterocycles. The topological polar surface area (TPSA) is 38.5 Å². The zero-order valence-corrected chi connectivity index (χ0v) is 11.0. The minimum absolute atomic E-state index is 0.486. The van der Waals surface area contributed by atoms with Gasteiger partial charge in [-0.15, -0.1) is 0 Å². The van der Waals surface area contributed by atoms with Crippen molar-refractivity contribution < 1.29 is 4.74 Å². The molecule has 3 heteroatoms. The molecule has 92 valence electrons. The summed E-state index contributed by atoms with van der Waals surface area (Å²) in [4.78, 5) is 2.45. The van der Waals surface area contributed by atoms with Crippen LogP contribution in [0.25, 0.3) is 0 Å². The van der Waals surface area contributed by atoms with E-state index in [1.54, 1.807) is 7.11 Å². The van der Waals surface area contributed by atoms with E-state index < -0.39 is 0 Å². The highest BCUT2D eigenvalue weighted by Gasteiger charge is 2.20. The quantitative estimate of drug-likeness (QED) is 0.671. The third-order valence-corrected chi connectivity index (χ3v) is 2.70. The molecule has 15 heavy (non-hydrogen) atoms. The van der Waals surface area contributed by atoms with Gasteiger partial charge in [-0.1, -0.05) is 13.8 Å². The Morgan fingerprint density at radius 1 is 1.20 bits per heavy atom. The van der Waals surface area contributed by atoms with Gasteiger partial charge >= 0.3 is 0 Å². The van der Waals surface area contributed by atoms with E-state index >= 15 is 0 Å². The van der Waals surface area contributed by atoms with Crippen LogP contribution in [0.15, 0.2) is 0 Å². The Balaban J connectivity index is 4.26. The van der Waals surface area contributed by atoms with Crippen LogP contribution in [0.3, 0.4) is 0 Å². The molecular weight excluding hydrogens is 188 g/mol. The first-order valence-electron chi connectivity index (χ1n) is 5.97. The van der Waals surface area contributed by atoms with Gasteiger partial charge in [0.05, 0.1) is 6.61 Å². The second kappa shape index (κ2) is 8.08. The summed E-state index contributed by atoms with van der Waals surface area (Å²) in [6, 6.07) is 1.02. The first kappa shape index (κ1) is 14.9. The first-order chi connectivity index (χ1) is 7.02. The second-order valence-corrected chi connectivity index (χ2v) is 4.84. The fourth-order valence-corrected chi connectivity index (χ4v) is 1.97. The van der Waals surface area contributed by atoms with Crippen LogP contribution >= 0.6 is 0 Å². The number of hydrogen-bond acceptors (Lipinski definition) is 3. The average Bonchev–Trinajstić information content (AvgIpc) is 2.15. The minimum atomic E-state index is 0.486. The van der Waals surface area contributed by atoms with Crippen molar-refractivity contribution in [3.8, 4) is 0 Å². The van der Waals surface area contributed by atoms with Crippen LogP contribution < -0.4 is 5.73 Å². The Hall–Kier alpha value is -0.120. The molecule has 0 saturated heterocycles. The Morgan fingerprint density at radius 2 is 1.80 bits per heavy atom. The van der Waals surface area contributed by atoms with E-state index in [2.05, 4.69) is 32.6 Å². The predicted molar refractivity (Wildman–Crippen MR) is 66.0 cm³/mol. The molecule has 1 atom stereocenters. The van der Waals surface area contributed by atoms with E-state index in [0.29, 0.717) is 18.0 Å². The number of nitrogens with zero attached hydrogens (tertiary/aromatic N) is 1. The molecule has 0 aliphatic heterocycles. The zero-order valence-electron chi connectivity index (χ0n) is 11.0. The molecule has 2 N–H and O–H groups in total. The molecular formula is C12H28N2O. The highest BCUT2D eigenvalue weighted by molar-refractivity contribution is 4.76. The van der Waals surface area contributed by atoms with Crippen molar-refractivity contribution in [3.63, 3.8) is 0 Å². The lowest BCUT2D eigenvalue weighted by Gasteiger charge is -2.35. The van der Waals surface area contributed by atoms with Gasteiger partial charge in [0.2, 0.25) is 0 Å². The molecule has 3 nitrogen and oxygen atoms in total. The Labute approximate surface area is 95.0 Å². The number of methoxy groups -OCH3 is 1. The maximum absolute atomic E-state index is 5.85. The van der Waals surface area contributed by atoms with Crippen molar-refractivity contribution in [1.29, 1.82) is 0 Å². The summed E-state index contributed by atoms with van der Waals surface area (Å²) >= 11 is 0. The van der Waals surface area contributed by atoms with Gasteiger partial charge in [-0.3, -0.25) is 4.90 Å². The molecule has 0 saturated carbocycles. The van der Waals surface area contributed by atoms with Gasteiger partial charge in [0, 0.05) is 32.3 Å². The van der Waals surface area contributed by atoms with Crippen LogP contribution in [0.4, 0.5) is 0 Å². The second-order valence-electron chi connectivity index (χ2n) is 4.84. The van der Waals surface area contributed by atoms with Crippen LogP contribution in [0.5, 0.6) is 0 Å². The average molecular weight is 216 g/mol. The maximum atomic E-state index is 5.85. The van der Waals surface area contributed by atoms with E-state index in [1.807, 2.05) is 0 Å². The first-order valence-corrected chi connectivity index (χ1v) is 5.97. The molecule has 0 radical (unpaired) electrons. The van der Waals surface area contributed by atoms with Crippen LogP contribution in [0, 0.1) is 5.92 Å². The molecule has 0 aliphatic rings. The van der Waals surface area contributed by atoms with Crippen LogP contribution in [0.2, 0.25) is 0 Å². The van der Waals surface area contributed by atoms with Gasteiger partial charge in [-0.05, 0) is 26.2 Å². The van der Waals surface area contributed by atoms with Gasteiger partial charge in [0.1, 0.15) is 0 Å². The molecule has 0 spiro atoms. The lowest BCUT2D eigenvalue weighted by molar-refractivity contribution is 0.0893. The molecule has 0 aromatic carbocycles.